The zero-order valence-corrected chi connectivity index (χ0v) is 14.9. The molecule has 7 heteroatoms. The first kappa shape index (κ1) is 16.4. The van der Waals surface area contributed by atoms with Crippen LogP contribution in [0.25, 0.3) is 5.88 Å². The van der Waals surface area contributed by atoms with Crippen LogP contribution >= 0.6 is 27.5 Å². The summed E-state index contributed by atoms with van der Waals surface area (Å²) in [7, 11) is 0. The van der Waals surface area contributed by atoms with Crippen LogP contribution in [-0.2, 0) is 0 Å². The molecule has 0 aliphatic rings. The fraction of sp³-hybridized carbons (Fsp3) is 0.0588. The molecule has 0 fully saturated rings. The molecule has 0 saturated heterocycles. The zero-order valence-electron chi connectivity index (χ0n) is 12.5. The third-order valence-electron chi connectivity index (χ3n) is 3.42. The molecule has 3 aromatic rings. The van der Waals surface area contributed by atoms with Gasteiger partial charge in [0.05, 0.1) is 10.7 Å². The van der Waals surface area contributed by atoms with Crippen LogP contribution in [0.5, 0.6) is 0 Å². The van der Waals surface area contributed by atoms with Gasteiger partial charge in [-0.2, -0.15) is 5.26 Å². The number of amides is 1. The van der Waals surface area contributed by atoms with Gasteiger partial charge in [-0.25, -0.2) is 0 Å². The van der Waals surface area contributed by atoms with Gasteiger partial charge in [0.1, 0.15) is 23.0 Å². The summed E-state index contributed by atoms with van der Waals surface area (Å²) in [5.41, 5.74) is 0.825. The molecule has 120 valence electrons. The molecule has 0 radical (unpaired) electrons. The standard InChI is InChI=1S/C17H11BrClN3O2/c1-10-15(12(9-20)17(24-10)22-6-2-3-7-22)16(23)21-14-5-4-11(18)8-13(14)19/h2-8H,1H3,(H,21,23). The maximum atomic E-state index is 12.6. The highest BCUT2D eigenvalue weighted by Gasteiger charge is 2.25. The molecule has 2 heterocycles. The summed E-state index contributed by atoms with van der Waals surface area (Å²) < 4.78 is 8.08. The van der Waals surface area contributed by atoms with Crippen LogP contribution in [-0.4, -0.2) is 10.5 Å². The molecular formula is C17H11BrClN3O2. The third-order valence-corrected chi connectivity index (χ3v) is 4.23. The second kappa shape index (κ2) is 6.56. The van der Waals surface area contributed by atoms with Gasteiger partial charge in [-0.05, 0) is 37.3 Å². The molecule has 24 heavy (non-hydrogen) atoms. The number of aromatic nitrogens is 1. The highest BCUT2D eigenvalue weighted by Crippen LogP contribution is 2.29. The van der Waals surface area contributed by atoms with Crippen molar-refractivity contribution >= 4 is 39.1 Å². The summed E-state index contributed by atoms with van der Waals surface area (Å²) in [5, 5.41) is 12.6. The number of nitrogens with zero attached hydrogens (tertiary/aromatic N) is 2. The van der Waals surface area contributed by atoms with Crippen LogP contribution < -0.4 is 5.32 Å². The molecule has 0 aliphatic heterocycles. The summed E-state index contributed by atoms with van der Waals surface area (Å²) in [4.78, 5) is 12.6. The SMILES string of the molecule is Cc1oc(-n2cccc2)c(C#N)c1C(=O)Nc1ccc(Br)cc1Cl. The molecule has 5 nitrogen and oxygen atoms in total. The minimum atomic E-state index is -0.449. The number of carbonyl (C=O) groups excluding carboxylic acids is 1. The molecule has 3 rings (SSSR count). The molecule has 0 unspecified atom stereocenters. The Bertz CT molecular complexity index is 955. The Kier molecular flexibility index (Phi) is 4.47. The van der Waals surface area contributed by atoms with E-state index in [9.17, 15) is 10.1 Å². The van der Waals surface area contributed by atoms with Crippen molar-refractivity contribution in [2.45, 2.75) is 6.92 Å². The monoisotopic (exact) mass is 403 g/mol. The molecular weight excluding hydrogens is 394 g/mol. The van der Waals surface area contributed by atoms with Crippen molar-refractivity contribution in [3.8, 4) is 12.0 Å². The normalized spacial score (nSPS) is 10.4. The van der Waals surface area contributed by atoms with E-state index >= 15 is 0 Å². The van der Waals surface area contributed by atoms with Crippen molar-refractivity contribution < 1.29 is 9.21 Å². The third kappa shape index (κ3) is 2.96. The van der Waals surface area contributed by atoms with Gasteiger partial charge in [0.15, 0.2) is 0 Å². The molecule has 1 aromatic carbocycles. The first-order chi connectivity index (χ1) is 11.5. The molecule has 1 amide bonds. The predicted molar refractivity (Wildman–Crippen MR) is 94.6 cm³/mol. The molecule has 0 bridgehead atoms. The van der Waals surface area contributed by atoms with Gasteiger partial charge in [0, 0.05) is 16.9 Å². The molecule has 0 aliphatic carbocycles. The smallest absolute Gasteiger partial charge is 0.260 e. The van der Waals surface area contributed by atoms with E-state index in [-0.39, 0.29) is 11.1 Å². The number of benzene rings is 1. The van der Waals surface area contributed by atoms with Crippen molar-refractivity contribution in [3.05, 3.63) is 69.1 Å². The minimum absolute atomic E-state index is 0.175. The fourth-order valence-electron chi connectivity index (χ4n) is 2.33. The lowest BCUT2D eigenvalue weighted by Gasteiger charge is -2.07. The second-order valence-corrected chi connectivity index (χ2v) is 6.32. The first-order valence-electron chi connectivity index (χ1n) is 6.94. The molecule has 1 N–H and O–H groups in total. The van der Waals surface area contributed by atoms with E-state index in [1.807, 2.05) is 6.07 Å². The van der Waals surface area contributed by atoms with Crippen molar-refractivity contribution in [2.24, 2.45) is 0 Å². The fourth-order valence-corrected chi connectivity index (χ4v) is 3.06. The number of aryl methyl sites for hydroxylation is 1. The Morgan fingerprint density at radius 3 is 2.71 bits per heavy atom. The van der Waals surface area contributed by atoms with E-state index in [1.54, 1.807) is 54.2 Å². The maximum Gasteiger partial charge on any atom is 0.260 e. The number of nitriles is 1. The summed E-state index contributed by atoms with van der Waals surface area (Å²) in [5.74, 6) is 0.225. The Hall–Kier alpha value is -2.49. The van der Waals surface area contributed by atoms with Crippen molar-refractivity contribution in [3.63, 3.8) is 0 Å². The van der Waals surface area contributed by atoms with Crippen LogP contribution in [0.4, 0.5) is 5.69 Å². The first-order valence-corrected chi connectivity index (χ1v) is 8.11. The molecule has 2 aromatic heterocycles. The van der Waals surface area contributed by atoms with Gasteiger partial charge in [0.25, 0.3) is 5.91 Å². The Morgan fingerprint density at radius 1 is 1.38 bits per heavy atom. The van der Waals surface area contributed by atoms with Gasteiger partial charge in [0.2, 0.25) is 5.88 Å². The van der Waals surface area contributed by atoms with E-state index in [4.69, 9.17) is 16.0 Å². The maximum absolute atomic E-state index is 12.6. The van der Waals surface area contributed by atoms with Crippen LogP contribution in [0.2, 0.25) is 5.02 Å². The van der Waals surface area contributed by atoms with E-state index < -0.39 is 5.91 Å². The number of furan rings is 1. The van der Waals surface area contributed by atoms with Gasteiger partial charge >= 0.3 is 0 Å². The lowest BCUT2D eigenvalue weighted by molar-refractivity contribution is 0.102. The zero-order chi connectivity index (χ0) is 17.3. The average molecular weight is 405 g/mol. The van der Waals surface area contributed by atoms with Gasteiger partial charge in [-0.1, -0.05) is 27.5 Å². The van der Waals surface area contributed by atoms with Gasteiger partial charge in [-0.15, -0.1) is 0 Å². The number of hydrogen-bond acceptors (Lipinski definition) is 3. The summed E-state index contributed by atoms with van der Waals surface area (Å²) >= 11 is 9.43. The number of carbonyl (C=O) groups is 1. The Morgan fingerprint density at radius 2 is 2.08 bits per heavy atom. The topological polar surface area (TPSA) is 71.0 Å². The van der Waals surface area contributed by atoms with Crippen molar-refractivity contribution in [1.82, 2.24) is 4.57 Å². The number of hydrogen-bond donors (Lipinski definition) is 1. The number of halogens is 2. The highest BCUT2D eigenvalue weighted by molar-refractivity contribution is 9.10. The number of anilines is 1. The largest absolute Gasteiger partial charge is 0.443 e. The summed E-state index contributed by atoms with van der Waals surface area (Å²) in [6.45, 7) is 1.64. The second-order valence-electron chi connectivity index (χ2n) is 4.99. The molecule has 0 spiro atoms. The lowest BCUT2D eigenvalue weighted by atomic mass is 10.1. The average Bonchev–Trinajstić information content (AvgIpc) is 3.16. The highest BCUT2D eigenvalue weighted by atomic mass is 79.9. The molecule has 0 atom stereocenters. The summed E-state index contributed by atoms with van der Waals surface area (Å²) in [6.07, 6.45) is 3.48. The van der Waals surface area contributed by atoms with E-state index in [2.05, 4.69) is 21.2 Å². The van der Waals surface area contributed by atoms with Crippen LogP contribution in [0, 0.1) is 18.3 Å². The Balaban J connectivity index is 2.00. The molecule has 0 saturated carbocycles. The van der Waals surface area contributed by atoms with Crippen molar-refractivity contribution in [1.29, 1.82) is 5.26 Å². The van der Waals surface area contributed by atoms with Crippen LogP contribution in [0.15, 0.2) is 51.6 Å². The van der Waals surface area contributed by atoms with Gasteiger partial charge < -0.3 is 9.73 Å². The van der Waals surface area contributed by atoms with Crippen molar-refractivity contribution in [2.75, 3.05) is 5.32 Å². The number of nitrogens with one attached hydrogen (secondary N) is 1. The van der Waals surface area contributed by atoms with Crippen LogP contribution in [0.3, 0.4) is 0 Å². The predicted octanol–water partition coefficient (Wildman–Crippen LogP) is 4.92. The number of rotatable bonds is 3. The quantitative estimate of drug-likeness (QED) is 0.673. The Labute approximate surface area is 151 Å². The van der Waals surface area contributed by atoms with E-state index in [0.29, 0.717) is 22.4 Å². The van der Waals surface area contributed by atoms with Crippen LogP contribution in [0.1, 0.15) is 21.7 Å². The van der Waals surface area contributed by atoms with Gasteiger partial charge in [-0.3, -0.25) is 9.36 Å². The van der Waals surface area contributed by atoms with E-state index in [0.717, 1.165) is 4.47 Å². The summed E-state index contributed by atoms with van der Waals surface area (Å²) in [6, 6.07) is 10.8. The van der Waals surface area contributed by atoms with E-state index in [1.165, 1.54) is 0 Å². The lowest BCUT2D eigenvalue weighted by Crippen LogP contribution is -2.14. The minimum Gasteiger partial charge on any atom is -0.443 e.